The zero-order valence-electron chi connectivity index (χ0n) is 10.9. The number of alkyl halides is 3. The van der Waals surface area contributed by atoms with E-state index in [2.05, 4.69) is 14.7 Å². The Morgan fingerprint density at radius 3 is 2.86 bits per heavy atom. The van der Waals surface area contributed by atoms with Crippen LogP contribution in [0.15, 0.2) is 46.0 Å². The molecule has 1 atom stereocenters. The first-order valence-electron chi connectivity index (χ1n) is 6.06. The van der Waals surface area contributed by atoms with Gasteiger partial charge in [0.2, 0.25) is 0 Å². The summed E-state index contributed by atoms with van der Waals surface area (Å²) in [6, 6.07) is 1.62. The molecule has 2 aromatic heterocycles. The van der Waals surface area contributed by atoms with Crippen LogP contribution in [0, 0.1) is 0 Å². The van der Waals surface area contributed by atoms with E-state index in [0.29, 0.717) is 15.8 Å². The quantitative estimate of drug-likeness (QED) is 0.757. The third kappa shape index (κ3) is 2.54. The number of nitrogens with two attached hydrogens (primary N) is 1. The van der Waals surface area contributed by atoms with Crippen LogP contribution < -0.4 is 5.73 Å². The maximum absolute atomic E-state index is 12.5. The van der Waals surface area contributed by atoms with Gasteiger partial charge >= 0.3 is 6.36 Å². The van der Waals surface area contributed by atoms with Crippen LogP contribution in [0.5, 0.6) is 0 Å². The number of nitrogens with one attached hydrogen (secondary N) is 1. The third-order valence-electron chi connectivity index (χ3n) is 2.99. The van der Waals surface area contributed by atoms with Crippen LogP contribution in [0.4, 0.5) is 13.2 Å². The number of rotatable bonds is 3. The van der Waals surface area contributed by atoms with Crippen LogP contribution in [0.2, 0.25) is 0 Å². The van der Waals surface area contributed by atoms with Crippen molar-refractivity contribution in [1.82, 2.24) is 9.97 Å². The Labute approximate surface area is 125 Å². The molecule has 116 valence electrons. The number of pyridine rings is 1. The van der Waals surface area contributed by atoms with E-state index in [1.54, 1.807) is 11.5 Å². The normalized spacial score (nSPS) is 19.4. The number of nitrogens with zero attached hydrogens (tertiary/aromatic N) is 1. The first kappa shape index (κ1) is 14.5. The molecule has 3 heterocycles. The van der Waals surface area contributed by atoms with Crippen molar-refractivity contribution in [3.8, 4) is 0 Å². The smallest absolute Gasteiger partial charge is 0.400 e. The molecule has 5 nitrogen and oxygen atoms in total. The Bertz CT molecular complexity index is 810. The molecule has 1 unspecified atom stereocenters. The molecular weight excluding hydrogens is 319 g/mol. The van der Waals surface area contributed by atoms with E-state index in [-0.39, 0.29) is 10.8 Å². The van der Waals surface area contributed by atoms with Crippen molar-refractivity contribution in [2.75, 3.05) is 0 Å². The van der Waals surface area contributed by atoms with E-state index in [4.69, 9.17) is 5.73 Å². The maximum atomic E-state index is 12.5. The summed E-state index contributed by atoms with van der Waals surface area (Å²) in [6.45, 7) is 0. The Kier molecular flexibility index (Phi) is 3.36. The minimum atomic E-state index is -4.79. The summed E-state index contributed by atoms with van der Waals surface area (Å²) in [5.41, 5.74) is 5.93. The van der Waals surface area contributed by atoms with Crippen LogP contribution >= 0.6 is 10.9 Å². The van der Waals surface area contributed by atoms with Gasteiger partial charge in [0.15, 0.2) is 5.09 Å². The molecule has 0 bridgehead atoms. The van der Waals surface area contributed by atoms with Gasteiger partial charge in [0.05, 0.1) is 11.7 Å². The maximum Gasteiger partial charge on any atom is 0.573 e. The highest BCUT2D eigenvalue weighted by Crippen LogP contribution is 2.54. The van der Waals surface area contributed by atoms with Crippen molar-refractivity contribution in [2.45, 2.75) is 11.3 Å². The molecule has 3 N–H and O–H groups in total. The third-order valence-corrected chi connectivity index (χ3v) is 5.12. The first-order chi connectivity index (χ1) is 10.4. The zero-order valence-corrected chi connectivity index (χ0v) is 11.8. The summed E-state index contributed by atoms with van der Waals surface area (Å²) < 4.78 is 41.6. The topological polar surface area (TPSA) is 81.0 Å². The summed E-state index contributed by atoms with van der Waals surface area (Å²) in [4.78, 5) is 18.7. The average Bonchev–Trinajstić information content (AvgIpc) is 3.00. The predicted octanol–water partition coefficient (Wildman–Crippen LogP) is 2.93. The first-order valence-corrected chi connectivity index (χ1v) is 7.47. The Balaban J connectivity index is 2.13. The van der Waals surface area contributed by atoms with E-state index in [1.807, 2.05) is 0 Å². The van der Waals surface area contributed by atoms with Crippen molar-refractivity contribution in [3.63, 3.8) is 0 Å². The molecule has 1 aliphatic heterocycles. The number of carbonyl (C=O) groups is 1. The van der Waals surface area contributed by atoms with Crippen LogP contribution in [0.25, 0.3) is 10.9 Å². The lowest BCUT2D eigenvalue weighted by atomic mass is 10.3. The number of carbonyl (C=O) groups excluding carboxylic acids is 1. The van der Waals surface area contributed by atoms with E-state index in [0.717, 1.165) is 0 Å². The number of aromatic nitrogens is 2. The van der Waals surface area contributed by atoms with Gasteiger partial charge in [-0.25, -0.2) is 0 Å². The molecule has 1 amide bonds. The van der Waals surface area contributed by atoms with Crippen molar-refractivity contribution in [3.05, 3.63) is 46.8 Å². The number of primary amides is 1. The monoisotopic (exact) mass is 329 g/mol. The fourth-order valence-electron chi connectivity index (χ4n) is 2.21. The summed E-state index contributed by atoms with van der Waals surface area (Å²) >= 11 is 0. The number of allylic oxidation sites excluding steroid dienone is 2. The molecule has 22 heavy (non-hydrogen) atoms. The number of ether oxygens (including phenoxy) is 1. The number of aromatic amines is 1. The Morgan fingerprint density at radius 1 is 1.41 bits per heavy atom. The van der Waals surface area contributed by atoms with Crippen molar-refractivity contribution in [2.24, 2.45) is 5.73 Å². The van der Waals surface area contributed by atoms with Crippen molar-refractivity contribution >= 4 is 27.7 Å². The van der Waals surface area contributed by atoms with E-state index < -0.39 is 23.2 Å². The highest BCUT2D eigenvalue weighted by atomic mass is 32.2. The molecule has 0 saturated heterocycles. The standard InChI is InChI=1S/C13H10F3N3O2S/c14-13(15,16)21-9-2-1-5-22(9)11-7-3-4-18-6-8(7)19-10(11)12(17)20/h1-6,19,22H,(H2,17,20). The minimum absolute atomic E-state index is 0.0670. The van der Waals surface area contributed by atoms with Gasteiger partial charge in [0, 0.05) is 16.5 Å². The number of halogens is 3. The molecule has 0 radical (unpaired) electrons. The number of hydrogen-bond donors (Lipinski definition) is 3. The molecule has 3 rings (SSSR count). The molecule has 0 aliphatic carbocycles. The van der Waals surface area contributed by atoms with Gasteiger partial charge in [-0.1, -0.05) is 6.08 Å². The second-order valence-electron chi connectivity index (χ2n) is 4.40. The van der Waals surface area contributed by atoms with Gasteiger partial charge in [-0.05, 0) is 17.6 Å². The van der Waals surface area contributed by atoms with Gasteiger partial charge in [0.25, 0.3) is 5.91 Å². The van der Waals surface area contributed by atoms with E-state index in [9.17, 15) is 18.0 Å². The predicted molar refractivity (Wildman–Crippen MR) is 76.2 cm³/mol. The SMILES string of the molecule is NC(=O)c1[nH]c2cnccc2c1[SH]1C=CC=C1OC(F)(F)F. The lowest BCUT2D eigenvalue weighted by molar-refractivity contribution is -0.300. The van der Waals surface area contributed by atoms with Crippen molar-refractivity contribution < 1.29 is 22.7 Å². The molecule has 0 fully saturated rings. The molecule has 0 saturated carbocycles. The lowest BCUT2D eigenvalue weighted by Crippen LogP contribution is -2.15. The second-order valence-corrected chi connectivity index (χ2v) is 6.32. The number of fused-ring (bicyclic) bond motifs is 1. The van der Waals surface area contributed by atoms with Crippen molar-refractivity contribution in [1.29, 1.82) is 0 Å². The summed E-state index contributed by atoms with van der Waals surface area (Å²) in [5, 5.41) is 1.92. The fraction of sp³-hybridized carbons (Fsp3) is 0.0769. The molecule has 0 spiro atoms. The molecule has 9 heteroatoms. The van der Waals surface area contributed by atoms with Crippen LogP contribution in [-0.2, 0) is 4.74 Å². The molecular formula is C13H10F3N3O2S. The summed E-state index contributed by atoms with van der Waals surface area (Å²) in [5.74, 6) is -0.750. The molecule has 2 aromatic rings. The van der Waals surface area contributed by atoms with Crippen LogP contribution in [0.1, 0.15) is 10.5 Å². The average molecular weight is 329 g/mol. The minimum Gasteiger partial charge on any atom is -0.400 e. The summed E-state index contributed by atoms with van der Waals surface area (Å²) in [6.07, 6.45) is 0.891. The Hall–Kier alpha value is -2.42. The second kappa shape index (κ2) is 5.09. The van der Waals surface area contributed by atoms with Crippen LogP contribution in [0.3, 0.4) is 0 Å². The van der Waals surface area contributed by atoms with Gasteiger partial charge in [-0.3, -0.25) is 9.78 Å². The molecule has 0 aromatic carbocycles. The van der Waals surface area contributed by atoms with Gasteiger partial charge in [0.1, 0.15) is 5.69 Å². The van der Waals surface area contributed by atoms with Gasteiger partial charge < -0.3 is 15.5 Å². The highest BCUT2D eigenvalue weighted by molar-refractivity contribution is 8.23. The lowest BCUT2D eigenvalue weighted by Gasteiger charge is -2.20. The number of hydrogen-bond acceptors (Lipinski definition) is 3. The fourth-order valence-corrected chi connectivity index (χ4v) is 4.29. The number of amides is 1. The van der Waals surface area contributed by atoms with Gasteiger partial charge in [-0.15, -0.1) is 24.1 Å². The Morgan fingerprint density at radius 2 is 2.18 bits per heavy atom. The zero-order chi connectivity index (χ0) is 15.9. The molecule has 1 aliphatic rings. The number of thiol groups is 1. The summed E-state index contributed by atoms with van der Waals surface area (Å²) in [7, 11) is -1.61. The van der Waals surface area contributed by atoms with E-state index in [1.165, 1.54) is 24.5 Å². The highest BCUT2D eigenvalue weighted by Gasteiger charge is 2.35. The largest absolute Gasteiger partial charge is 0.573 e. The number of H-pyrrole nitrogens is 1. The van der Waals surface area contributed by atoms with Crippen LogP contribution in [-0.4, -0.2) is 22.2 Å². The van der Waals surface area contributed by atoms with Gasteiger partial charge in [-0.2, -0.15) is 0 Å². The van der Waals surface area contributed by atoms with E-state index >= 15 is 0 Å².